The number of amides is 2. The van der Waals surface area contributed by atoms with Crippen LogP contribution in [0.5, 0.6) is 0 Å². The fourth-order valence-electron chi connectivity index (χ4n) is 3.36. The SMILES string of the molecule is O=C1CC(C(=O)N[C@@H](CC(F)(F)F)c2ccc(C(F)(F)F)cc2)NC(c2ccccc2)N1. The van der Waals surface area contributed by atoms with Crippen LogP contribution in [0.2, 0.25) is 0 Å². The van der Waals surface area contributed by atoms with Crippen LogP contribution in [0.1, 0.15) is 41.7 Å². The van der Waals surface area contributed by atoms with E-state index in [9.17, 15) is 35.9 Å². The number of carbonyl (C=O) groups excluding carboxylic acids is 2. The Morgan fingerprint density at radius 1 is 1.00 bits per heavy atom. The summed E-state index contributed by atoms with van der Waals surface area (Å²) in [6.07, 6.45) is -11.8. The maximum Gasteiger partial charge on any atom is 0.416 e. The van der Waals surface area contributed by atoms with Gasteiger partial charge in [0.05, 0.1) is 30.5 Å². The first-order valence-corrected chi connectivity index (χ1v) is 9.57. The first kappa shape index (κ1) is 23.6. The molecule has 0 bridgehead atoms. The Morgan fingerprint density at radius 3 is 2.19 bits per heavy atom. The van der Waals surface area contributed by atoms with Crippen LogP contribution in [0.15, 0.2) is 54.6 Å². The molecule has 0 spiro atoms. The number of rotatable bonds is 5. The van der Waals surface area contributed by atoms with E-state index in [1.807, 2.05) is 0 Å². The third kappa shape index (κ3) is 6.22. The number of benzene rings is 2. The van der Waals surface area contributed by atoms with Gasteiger partial charge in [-0.2, -0.15) is 26.3 Å². The zero-order valence-corrected chi connectivity index (χ0v) is 16.4. The monoisotopic (exact) mass is 459 g/mol. The fraction of sp³-hybridized carbons (Fsp3) is 0.333. The van der Waals surface area contributed by atoms with Crippen molar-refractivity contribution in [2.45, 2.75) is 43.4 Å². The lowest BCUT2D eigenvalue weighted by Gasteiger charge is -2.32. The van der Waals surface area contributed by atoms with Crippen LogP contribution in [-0.2, 0) is 15.8 Å². The molecule has 2 aromatic rings. The second-order valence-corrected chi connectivity index (χ2v) is 7.33. The first-order valence-electron chi connectivity index (χ1n) is 9.57. The molecule has 2 unspecified atom stereocenters. The van der Waals surface area contributed by atoms with Crippen LogP contribution in [0, 0.1) is 0 Å². The van der Waals surface area contributed by atoms with Gasteiger partial charge in [-0.3, -0.25) is 14.9 Å². The van der Waals surface area contributed by atoms with Crippen LogP contribution in [0.4, 0.5) is 26.3 Å². The summed E-state index contributed by atoms with van der Waals surface area (Å²) in [4.78, 5) is 24.8. The predicted molar refractivity (Wildman–Crippen MR) is 102 cm³/mol. The number of carbonyl (C=O) groups is 2. The average Bonchev–Trinajstić information content (AvgIpc) is 2.72. The van der Waals surface area contributed by atoms with E-state index in [0.717, 1.165) is 12.1 Å². The number of halogens is 6. The molecule has 1 saturated heterocycles. The largest absolute Gasteiger partial charge is 0.416 e. The molecule has 2 amide bonds. The van der Waals surface area contributed by atoms with E-state index in [-0.39, 0.29) is 12.0 Å². The summed E-state index contributed by atoms with van der Waals surface area (Å²) in [6, 6.07) is 8.95. The highest BCUT2D eigenvalue weighted by Gasteiger charge is 2.37. The van der Waals surface area contributed by atoms with E-state index < -0.39 is 54.4 Å². The minimum absolute atomic E-state index is 0.136. The molecule has 1 aliphatic heterocycles. The smallest absolute Gasteiger partial charge is 0.348 e. The van der Waals surface area contributed by atoms with Gasteiger partial charge in [-0.05, 0) is 23.3 Å². The molecule has 1 aliphatic rings. The summed E-state index contributed by atoms with van der Waals surface area (Å²) in [5.74, 6) is -1.34. The van der Waals surface area contributed by atoms with Crippen LogP contribution >= 0.6 is 0 Å². The van der Waals surface area contributed by atoms with Crippen molar-refractivity contribution in [3.05, 3.63) is 71.3 Å². The molecule has 0 aliphatic carbocycles. The summed E-state index contributed by atoms with van der Waals surface area (Å²) >= 11 is 0. The Labute approximate surface area is 179 Å². The molecule has 3 atom stereocenters. The maximum atomic E-state index is 13.1. The molecular weight excluding hydrogens is 440 g/mol. The molecule has 0 aromatic heterocycles. The summed E-state index contributed by atoms with van der Waals surface area (Å²) in [5.41, 5.74) is -0.508. The Hall–Kier alpha value is -3.08. The molecule has 3 N–H and O–H groups in total. The summed E-state index contributed by atoms with van der Waals surface area (Å²) < 4.78 is 77.5. The minimum Gasteiger partial charge on any atom is -0.348 e. The van der Waals surface area contributed by atoms with Crippen molar-refractivity contribution in [1.29, 1.82) is 0 Å². The Kier molecular flexibility index (Phi) is 6.77. The number of alkyl halides is 6. The van der Waals surface area contributed by atoms with Crippen molar-refractivity contribution in [2.24, 2.45) is 0 Å². The lowest BCUT2D eigenvalue weighted by atomic mass is 10.00. The quantitative estimate of drug-likeness (QED) is 0.593. The molecule has 0 saturated carbocycles. The van der Waals surface area contributed by atoms with E-state index in [4.69, 9.17) is 0 Å². The van der Waals surface area contributed by atoms with Gasteiger partial charge in [-0.15, -0.1) is 0 Å². The van der Waals surface area contributed by atoms with E-state index in [1.54, 1.807) is 30.3 Å². The van der Waals surface area contributed by atoms with Crippen molar-refractivity contribution in [3.8, 4) is 0 Å². The van der Waals surface area contributed by atoms with E-state index in [1.165, 1.54) is 0 Å². The average molecular weight is 459 g/mol. The van der Waals surface area contributed by atoms with Gasteiger partial charge in [0.15, 0.2) is 0 Å². The number of nitrogens with one attached hydrogen (secondary N) is 3. The van der Waals surface area contributed by atoms with E-state index >= 15 is 0 Å². The zero-order chi connectivity index (χ0) is 23.5. The maximum absolute atomic E-state index is 13.1. The summed E-state index contributed by atoms with van der Waals surface area (Å²) in [6.45, 7) is 0. The van der Waals surface area contributed by atoms with Gasteiger partial charge in [-0.25, -0.2) is 0 Å². The van der Waals surface area contributed by atoms with Crippen molar-refractivity contribution in [1.82, 2.24) is 16.0 Å². The molecule has 32 heavy (non-hydrogen) atoms. The van der Waals surface area contributed by atoms with Gasteiger partial charge in [-0.1, -0.05) is 42.5 Å². The molecule has 2 aromatic carbocycles. The molecular formula is C21H19F6N3O2. The van der Waals surface area contributed by atoms with Gasteiger partial charge >= 0.3 is 12.4 Å². The molecule has 11 heteroatoms. The van der Waals surface area contributed by atoms with Crippen LogP contribution in [-0.4, -0.2) is 24.0 Å². The molecule has 5 nitrogen and oxygen atoms in total. The second kappa shape index (κ2) is 9.19. The zero-order valence-electron chi connectivity index (χ0n) is 16.4. The van der Waals surface area contributed by atoms with Gasteiger partial charge in [0.25, 0.3) is 0 Å². The normalized spacial score (nSPS) is 20.4. The lowest BCUT2D eigenvalue weighted by Crippen LogP contribution is -2.56. The van der Waals surface area contributed by atoms with E-state index in [2.05, 4.69) is 16.0 Å². The topological polar surface area (TPSA) is 70.2 Å². The second-order valence-electron chi connectivity index (χ2n) is 7.33. The minimum atomic E-state index is -4.69. The van der Waals surface area contributed by atoms with Crippen molar-refractivity contribution in [3.63, 3.8) is 0 Å². The predicted octanol–water partition coefficient (Wildman–Crippen LogP) is 3.99. The summed E-state index contributed by atoms with van der Waals surface area (Å²) in [7, 11) is 0. The molecule has 1 fully saturated rings. The highest BCUT2D eigenvalue weighted by molar-refractivity contribution is 5.89. The lowest BCUT2D eigenvalue weighted by molar-refractivity contribution is -0.144. The van der Waals surface area contributed by atoms with Gasteiger partial charge in [0, 0.05) is 0 Å². The van der Waals surface area contributed by atoms with Gasteiger partial charge < -0.3 is 10.6 Å². The summed E-state index contributed by atoms with van der Waals surface area (Å²) in [5, 5.41) is 7.75. The third-order valence-corrected chi connectivity index (χ3v) is 4.90. The van der Waals surface area contributed by atoms with Gasteiger partial charge in [0.2, 0.25) is 11.8 Å². The molecule has 1 heterocycles. The fourth-order valence-corrected chi connectivity index (χ4v) is 3.36. The molecule has 172 valence electrons. The highest BCUT2D eigenvalue weighted by Crippen LogP contribution is 2.33. The standard InChI is InChI=1S/C21H19F6N3O2/c22-20(23,24)11-16(12-6-8-14(9-7-12)21(25,26)27)29-19(32)15-10-17(31)30-18(28-15)13-4-2-1-3-5-13/h1-9,15-16,18,28H,10-11H2,(H,29,32)(H,30,31)/t15?,16-,18?/m0/s1. The van der Waals surface area contributed by atoms with Crippen LogP contribution in [0.25, 0.3) is 0 Å². The molecule has 0 radical (unpaired) electrons. The van der Waals surface area contributed by atoms with E-state index in [0.29, 0.717) is 17.7 Å². The molecule has 3 rings (SSSR count). The Balaban J connectivity index is 1.78. The Morgan fingerprint density at radius 2 is 1.62 bits per heavy atom. The van der Waals surface area contributed by atoms with Crippen molar-refractivity contribution < 1.29 is 35.9 Å². The number of hydrogen-bond acceptors (Lipinski definition) is 3. The number of hydrogen-bond donors (Lipinski definition) is 3. The Bertz CT molecular complexity index is 945. The van der Waals surface area contributed by atoms with Gasteiger partial charge in [0.1, 0.15) is 6.17 Å². The third-order valence-electron chi connectivity index (χ3n) is 4.90. The highest BCUT2D eigenvalue weighted by atomic mass is 19.4. The van der Waals surface area contributed by atoms with Crippen LogP contribution < -0.4 is 16.0 Å². The van der Waals surface area contributed by atoms with Crippen molar-refractivity contribution in [2.75, 3.05) is 0 Å². The first-order chi connectivity index (χ1) is 14.9. The van der Waals surface area contributed by atoms with Crippen LogP contribution in [0.3, 0.4) is 0 Å². The van der Waals surface area contributed by atoms with Crippen molar-refractivity contribution >= 4 is 11.8 Å².